The number of hydrogen-bond donors (Lipinski definition) is 2. The lowest BCUT2D eigenvalue weighted by Crippen LogP contribution is -2.37. The van der Waals surface area contributed by atoms with E-state index < -0.39 is 5.51 Å². The van der Waals surface area contributed by atoms with Gasteiger partial charge in [-0.2, -0.15) is 13.2 Å². The number of halogens is 3. The van der Waals surface area contributed by atoms with Gasteiger partial charge in [0.05, 0.1) is 5.92 Å². The average molecular weight is 256 g/mol. The van der Waals surface area contributed by atoms with Gasteiger partial charge in [-0.15, -0.1) is 0 Å². The third-order valence-electron chi connectivity index (χ3n) is 2.53. The number of carbonyl (C=O) groups excluding carboxylic acids is 1. The summed E-state index contributed by atoms with van der Waals surface area (Å²) in [4.78, 5) is 11.5. The Kier molecular flexibility index (Phi) is 4.91. The first-order valence-electron chi connectivity index (χ1n) is 5.12. The van der Waals surface area contributed by atoms with Crippen LogP contribution in [0.25, 0.3) is 0 Å². The first-order valence-corrected chi connectivity index (χ1v) is 6.10. The predicted molar refractivity (Wildman–Crippen MR) is 57.1 cm³/mol. The van der Waals surface area contributed by atoms with E-state index in [1.165, 1.54) is 0 Å². The second-order valence-electron chi connectivity index (χ2n) is 3.72. The van der Waals surface area contributed by atoms with Gasteiger partial charge in [0.25, 0.3) is 0 Å². The summed E-state index contributed by atoms with van der Waals surface area (Å²) in [7, 11) is 0. The third-order valence-corrected chi connectivity index (χ3v) is 3.26. The van der Waals surface area contributed by atoms with Crippen LogP contribution in [-0.4, -0.2) is 36.3 Å². The van der Waals surface area contributed by atoms with Gasteiger partial charge in [0.15, 0.2) is 0 Å². The van der Waals surface area contributed by atoms with Crippen LogP contribution >= 0.6 is 11.8 Å². The van der Waals surface area contributed by atoms with Gasteiger partial charge in [0.1, 0.15) is 0 Å². The number of nitrogens with one attached hydrogen (secondary N) is 2. The van der Waals surface area contributed by atoms with E-state index in [9.17, 15) is 18.0 Å². The van der Waals surface area contributed by atoms with Gasteiger partial charge in [0.2, 0.25) is 5.91 Å². The van der Waals surface area contributed by atoms with Gasteiger partial charge in [-0.05, 0) is 31.7 Å². The molecule has 0 aromatic rings. The van der Waals surface area contributed by atoms with E-state index >= 15 is 0 Å². The van der Waals surface area contributed by atoms with Crippen LogP contribution in [0.4, 0.5) is 13.2 Å². The highest BCUT2D eigenvalue weighted by Crippen LogP contribution is 2.29. The van der Waals surface area contributed by atoms with Crippen molar-refractivity contribution in [1.29, 1.82) is 0 Å². The molecule has 1 rings (SSSR count). The lowest BCUT2D eigenvalue weighted by atomic mass is 10.0. The molecule has 1 aliphatic rings. The van der Waals surface area contributed by atoms with Crippen LogP contribution in [0, 0.1) is 5.92 Å². The second kappa shape index (κ2) is 5.77. The maximum atomic E-state index is 11.8. The number of thioether (sulfide) groups is 1. The van der Waals surface area contributed by atoms with Crippen molar-refractivity contribution < 1.29 is 18.0 Å². The zero-order valence-corrected chi connectivity index (χ0v) is 9.75. The molecule has 0 radical (unpaired) electrons. The zero-order chi connectivity index (χ0) is 12.2. The van der Waals surface area contributed by atoms with Crippen molar-refractivity contribution in [1.82, 2.24) is 10.6 Å². The van der Waals surface area contributed by atoms with Gasteiger partial charge in [0, 0.05) is 18.3 Å². The predicted octanol–water partition coefficient (Wildman–Crippen LogP) is 1.35. The smallest absolute Gasteiger partial charge is 0.355 e. The standard InChI is InChI=1S/C9H15F3N2OS/c1-6-7(2-3-13-6)8(15)14-4-5-16-9(10,11)12/h6-7,13H,2-5H2,1H3,(H,14,15). The fraction of sp³-hybridized carbons (Fsp3) is 0.889. The minimum atomic E-state index is -4.22. The molecule has 94 valence electrons. The maximum Gasteiger partial charge on any atom is 0.441 e. The maximum absolute atomic E-state index is 11.8. The van der Waals surface area contributed by atoms with Crippen molar-refractivity contribution in [3.05, 3.63) is 0 Å². The Hall–Kier alpha value is -0.430. The number of rotatable bonds is 4. The first kappa shape index (κ1) is 13.6. The number of hydrogen-bond acceptors (Lipinski definition) is 3. The highest BCUT2D eigenvalue weighted by molar-refractivity contribution is 8.00. The van der Waals surface area contributed by atoms with Gasteiger partial charge in [-0.25, -0.2) is 0 Å². The van der Waals surface area contributed by atoms with Gasteiger partial charge >= 0.3 is 5.51 Å². The Bertz CT molecular complexity index is 247. The van der Waals surface area contributed by atoms with E-state index in [1.807, 2.05) is 6.92 Å². The molecule has 0 saturated carbocycles. The summed E-state index contributed by atoms with van der Waals surface area (Å²) in [6.45, 7) is 2.75. The summed E-state index contributed by atoms with van der Waals surface area (Å²) < 4.78 is 35.3. The molecule has 3 nitrogen and oxygen atoms in total. The Morgan fingerprint density at radius 3 is 2.75 bits per heavy atom. The molecule has 1 saturated heterocycles. The largest absolute Gasteiger partial charge is 0.441 e. The molecule has 2 unspecified atom stereocenters. The molecule has 1 heterocycles. The lowest BCUT2D eigenvalue weighted by Gasteiger charge is -2.14. The molecule has 0 aromatic heterocycles. The molecule has 1 amide bonds. The molecule has 0 bridgehead atoms. The molecule has 2 N–H and O–H groups in total. The highest BCUT2D eigenvalue weighted by Gasteiger charge is 2.30. The van der Waals surface area contributed by atoms with E-state index in [0.29, 0.717) is 0 Å². The van der Waals surface area contributed by atoms with Crippen LogP contribution < -0.4 is 10.6 Å². The first-order chi connectivity index (χ1) is 7.40. The molecular formula is C9H15F3N2OS. The molecule has 2 atom stereocenters. The van der Waals surface area contributed by atoms with E-state index in [1.54, 1.807) is 0 Å². The SMILES string of the molecule is CC1NCCC1C(=O)NCCSC(F)(F)F. The van der Waals surface area contributed by atoms with E-state index in [4.69, 9.17) is 0 Å². The van der Waals surface area contributed by atoms with E-state index in [2.05, 4.69) is 10.6 Å². The molecular weight excluding hydrogens is 241 g/mol. The molecule has 7 heteroatoms. The third kappa shape index (κ3) is 4.61. The van der Waals surface area contributed by atoms with Crippen molar-refractivity contribution in [2.45, 2.75) is 24.9 Å². The van der Waals surface area contributed by atoms with Crippen LogP contribution in [0.15, 0.2) is 0 Å². The molecule has 16 heavy (non-hydrogen) atoms. The summed E-state index contributed by atoms with van der Waals surface area (Å²) in [5, 5.41) is 5.65. The van der Waals surface area contributed by atoms with Gasteiger partial charge < -0.3 is 10.6 Å². The molecule has 0 spiro atoms. The summed E-state index contributed by atoms with van der Waals surface area (Å²) in [6, 6.07) is 0.107. The van der Waals surface area contributed by atoms with E-state index in [0.717, 1.165) is 13.0 Å². The summed E-state index contributed by atoms with van der Waals surface area (Å²) >= 11 is -0.111. The zero-order valence-electron chi connectivity index (χ0n) is 8.93. The average Bonchev–Trinajstić information content (AvgIpc) is 2.57. The summed E-state index contributed by atoms with van der Waals surface area (Å²) in [5.41, 5.74) is -4.22. The van der Waals surface area contributed by atoms with Crippen LogP contribution in [0.2, 0.25) is 0 Å². The quantitative estimate of drug-likeness (QED) is 0.746. The van der Waals surface area contributed by atoms with Crippen LogP contribution in [0.3, 0.4) is 0 Å². The monoisotopic (exact) mass is 256 g/mol. The fourth-order valence-corrected chi connectivity index (χ4v) is 2.12. The van der Waals surface area contributed by atoms with Crippen molar-refractivity contribution in [3.8, 4) is 0 Å². The lowest BCUT2D eigenvalue weighted by molar-refractivity contribution is -0.125. The Labute approximate surface area is 96.5 Å². The molecule has 1 aliphatic heterocycles. The van der Waals surface area contributed by atoms with E-state index in [-0.39, 0.29) is 41.9 Å². The molecule has 1 fully saturated rings. The van der Waals surface area contributed by atoms with Crippen molar-refractivity contribution in [2.24, 2.45) is 5.92 Å². The minimum Gasteiger partial charge on any atom is -0.355 e. The Morgan fingerprint density at radius 2 is 2.25 bits per heavy atom. The second-order valence-corrected chi connectivity index (χ2v) is 4.88. The summed E-state index contributed by atoms with van der Waals surface area (Å²) in [6.07, 6.45) is 0.749. The molecule has 0 aliphatic carbocycles. The normalized spacial score (nSPS) is 25.8. The van der Waals surface area contributed by atoms with Crippen molar-refractivity contribution in [2.75, 3.05) is 18.8 Å². The minimum absolute atomic E-state index is 0.0617. The van der Waals surface area contributed by atoms with Crippen molar-refractivity contribution in [3.63, 3.8) is 0 Å². The topological polar surface area (TPSA) is 41.1 Å². The van der Waals surface area contributed by atoms with Crippen LogP contribution in [0.1, 0.15) is 13.3 Å². The number of carbonyl (C=O) groups is 1. The Morgan fingerprint density at radius 1 is 1.56 bits per heavy atom. The highest BCUT2D eigenvalue weighted by atomic mass is 32.2. The number of amides is 1. The van der Waals surface area contributed by atoms with Crippen LogP contribution in [0.5, 0.6) is 0 Å². The van der Waals surface area contributed by atoms with Crippen molar-refractivity contribution >= 4 is 17.7 Å². The van der Waals surface area contributed by atoms with Gasteiger partial charge in [-0.1, -0.05) is 0 Å². The fourth-order valence-electron chi connectivity index (χ4n) is 1.69. The Balaban J connectivity index is 2.15. The summed E-state index contributed by atoms with van der Waals surface area (Å²) in [5.74, 6) is -0.403. The number of alkyl halides is 3. The molecule has 0 aromatic carbocycles. The van der Waals surface area contributed by atoms with Crippen LogP contribution in [-0.2, 0) is 4.79 Å². The van der Waals surface area contributed by atoms with Gasteiger partial charge in [-0.3, -0.25) is 4.79 Å².